The van der Waals surface area contributed by atoms with Gasteiger partial charge in [0.15, 0.2) is 0 Å². The molecule has 0 aliphatic rings. The average molecular weight is 459 g/mol. The van der Waals surface area contributed by atoms with Gasteiger partial charge in [-0.2, -0.15) is 13.2 Å². The largest absolute Gasteiger partial charge is 0.439 e. The minimum Gasteiger partial charge on any atom is -0.439 e. The summed E-state index contributed by atoms with van der Waals surface area (Å²) in [5.74, 6) is -0.184. The molecule has 170 valence electrons. The molecule has 2 aromatic carbocycles. The molecule has 0 bridgehead atoms. The highest BCUT2D eigenvalue weighted by molar-refractivity contribution is 5.98. The van der Waals surface area contributed by atoms with E-state index in [4.69, 9.17) is 4.74 Å². The molecule has 0 radical (unpaired) electrons. The summed E-state index contributed by atoms with van der Waals surface area (Å²) < 4.78 is 59.6. The SMILES string of the molecule is CNCc1cc(Oc2ccc3c(ccn3C(=O)Nc3cc(C(F)(F)F)ccc3F)c2)ncn1. The average Bonchev–Trinajstić information content (AvgIpc) is 3.18. The number of aromatic nitrogens is 3. The Labute approximate surface area is 185 Å². The van der Waals surface area contributed by atoms with Crippen molar-refractivity contribution < 1.29 is 27.1 Å². The third-order valence-corrected chi connectivity index (χ3v) is 4.69. The number of halogens is 4. The van der Waals surface area contributed by atoms with Crippen molar-refractivity contribution in [3.05, 3.63) is 78.1 Å². The lowest BCUT2D eigenvalue weighted by Crippen LogP contribution is -2.19. The highest BCUT2D eigenvalue weighted by Crippen LogP contribution is 2.32. The van der Waals surface area contributed by atoms with E-state index in [1.165, 1.54) is 12.5 Å². The molecule has 4 aromatic rings. The first-order valence-electron chi connectivity index (χ1n) is 9.67. The van der Waals surface area contributed by atoms with Crippen LogP contribution in [0.1, 0.15) is 11.3 Å². The summed E-state index contributed by atoms with van der Waals surface area (Å²) in [5, 5.41) is 5.78. The molecule has 33 heavy (non-hydrogen) atoms. The van der Waals surface area contributed by atoms with Crippen molar-refractivity contribution in [2.24, 2.45) is 0 Å². The molecule has 7 nitrogen and oxygen atoms in total. The van der Waals surface area contributed by atoms with Crippen LogP contribution in [-0.4, -0.2) is 27.6 Å². The number of rotatable bonds is 5. The van der Waals surface area contributed by atoms with Crippen molar-refractivity contribution in [2.45, 2.75) is 12.7 Å². The zero-order chi connectivity index (χ0) is 23.6. The molecule has 0 aliphatic carbocycles. The Kier molecular flexibility index (Phi) is 5.97. The van der Waals surface area contributed by atoms with Crippen LogP contribution in [-0.2, 0) is 12.7 Å². The Balaban J connectivity index is 1.55. The molecule has 1 amide bonds. The van der Waals surface area contributed by atoms with Crippen LogP contribution in [0.5, 0.6) is 11.6 Å². The van der Waals surface area contributed by atoms with Crippen LogP contribution < -0.4 is 15.4 Å². The van der Waals surface area contributed by atoms with E-state index in [0.717, 1.165) is 10.3 Å². The van der Waals surface area contributed by atoms with Gasteiger partial charge in [-0.15, -0.1) is 0 Å². The first kappa shape index (κ1) is 22.2. The molecular weight excluding hydrogens is 442 g/mol. The summed E-state index contributed by atoms with van der Waals surface area (Å²) in [7, 11) is 1.79. The normalized spacial score (nSPS) is 11.5. The van der Waals surface area contributed by atoms with Gasteiger partial charge < -0.3 is 15.4 Å². The van der Waals surface area contributed by atoms with Crippen molar-refractivity contribution in [3.63, 3.8) is 0 Å². The van der Waals surface area contributed by atoms with Gasteiger partial charge in [0.05, 0.1) is 22.5 Å². The van der Waals surface area contributed by atoms with Crippen LogP contribution in [0.4, 0.5) is 28.0 Å². The zero-order valence-corrected chi connectivity index (χ0v) is 17.2. The molecular formula is C22H17F4N5O2. The predicted molar refractivity (Wildman–Crippen MR) is 113 cm³/mol. The maximum Gasteiger partial charge on any atom is 0.416 e. The van der Waals surface area contributed by atoms with Crippen molar-refractivity contribution in [1.29, 1.82) is 0 Å². The zero-order valence-electron chi connectivity index (χ0n) is 17.2. The van der Waals surface area contributed by atoms with Gasteiger partial charge in [-0.05, 0) is 49.5 Å². The van der Waals surface area contributed by atoms with Gasteiger partial charge in [-0.25, -0.2) is 19.2 Å². The smallest absolute Gasteiger partial charge is 0.416 e. The molecule has 4 rings (SSSR count). The number of amides is 1. The summed E-state index contributed by atoms with van der Waals surface area (Å²) >= 11 is 0. The van der Waals surface area contributed by atoms with Crippen LogP contribution in [0.2, 0.25) is 0 Å². The van der Waals surface area contributed by atoms with Crippen molar-refractivity contribution in [2.75, 3.05) is 12.4 Å². The van der Waals surface area contributed by atoms with E-state index in [-0.39, 0.29) is 0 Å². The number of nitrogens with one attached hydrogen (secondary N) is 2. The minimum atomic E-state index is -4.67. The number of hydrogen-bond acceptors (Lipinski definition) is 5. The Morgan fingerprint density at radius 1 is 1.09 bits per heavy atom. The van der Waals surface area contributed by atoms with E-state index in [1.807, 2.05) is 0 Å². The second-order valence-electron chi connectivity index (χ2n) is 7.01. The number of carbonyl (C=O) groups excluding carboxylic acids is 1. The van der Waals surface area contributed by atoms with Crippen LogP contribution in [0.3, 0.4) is 0 Å². The number of alkyl halides is 3. The molecule has 2 aromatic heterocycles. The Morgan fingerprint density at radius 3 is 2.67 bits per heavy atom. The highest BCUT2D eigenvalue weighted by atomic mass is 19.4. The first-order valence-corrected chi connectivity index (χ1v) is 9.67. The third kappa shape index (κ3) is 4.93. The molecule has 0 spiro atoms. The Morgan fingerprint density at radius 2 is 1.91 bits per heavy atom. The predicted octanol–water partition coefficient (Wildman–Crippen LogP) is 5.18. The highest BCUT2D eigenvalue weighted by Gasteiger charge is 2.31. The minimum absolute atomic E-state index is 0.340. The number of hydrogen-bond donors (Lipinski definition) is 2. The lowest BCUT2D eigenvalue weighted by atomic mass is 10.2. The fourth-order valence-electron chi connectivity index (χ4n) is 3.17. The van der Waals surface area contributed by atoms with Gasteiger partial charge in [0.25, 0.3) is 0 Å². The van der Waals surface area contributed by atoms with E-state index < -0.39 is 29.3 Å². The molecule has 0 saturated heterocycles. The maximum absolute atomic E-state index is 14.0. The number of carbonyl (C=O) groups is 1. The number of anilines is 1. The molecule has 0 saturated carbocycles. The van der Waals surface area contributed by atoms with Gasteiger partial charge in [0, 0.05) is 24.2 Å². The molecule has 0 unspecified atom stereocenters. The van der Waals surface area contributed by atoms with Crippen LogP contribution in [0, 0.1) is 5.82 Å². The number of benzene rings is 2. The molecule has 11 heteroatoms. The van der Waals surface area contributed by atoms with E-state index in [0.29, 0.717) is 47.3 Å². The summed E-state index contributed by atoms with van der Waals surface area (Å²) in [5.41, 5.74) is -0.447. The van der Waals surface area contributed by atoms with Gasteiger partial charge in [-0.1, -0.05) is 0 Å². The number of fused-ring (bicyclic) bond motifs is 1. The fraction of sp³-hybridized carbons (Fsp3) is 0.136. The standard InChI is InChI=1S/C22H17F4N5O2/c1-27-11-15-10-20(29-12-28-15)33-16-3-5-19-13(8-16)6-7-31(19)21(32)30-18-9-14(22(24,25)26)2-4-17(18)23/h2-10,12,27H,11H2,1H3,(H,30,32). The monoisotopic (exact) mass is 459 g/mol. The van der Waals surface area contributed by atoms with Gasteiger partial charge in [-0.3, -0.25) is 4.57 Å². The van der Waals surface area contributed by atoms with E-state index in [1.54, 1.807) is 37.4 Å². The van der Waals surface area contributed by atoms with Crippen LogP contribution >= 0.6 is 0 Å². The topological polar surface area (TPSA) is 81.1 Å². The number of nitrogens with zero attached hydrogens (tertiary/aromatic N) is 3. The van der Waals surface area contributed by atoms with Crippen molar-refractivity contribution >= 4 is 22.6 Å². The molecule has 0 atom stereocenters. The van der Waals surface area contributed by atoms with Crippen LogP contribution in [0.25, 0.3) is 10.9 Å². The summed E-state index contributed by atoms with van der Waals surface area (Å²) in [4.78, 5) is 20.8. The molecule has 0 aliphatic heterocycles. The summed E-state index contributed by atoms with van der Waals surface area (Å²) in [6, 6.07) is 9.18. The second-order valence-corrected chi connectivity index (χ2v) is 7.01. The van der Waals surface area contributed by atoms with E-state index in [9.17, 15) is 22.4 Å². The summed E-state index contributed by atoms with van der Waals surface area (Å²) in [6.45, 7) is 0.544. The van der Waals surface area contributed by atoms with Gasteiger partial charge in [0.1, 0.15) is 17.9 Å². The van der Waals surface area contributed by atoms with Gasteiger partial charge >= 0.3 is 12.2 Å². The second kappa shape index (κ2) is 8.87. The fourth-order valence-corrected chi connectivity index (χ4v) is 3.17. The van der Waals surface area contributed by atoms with Crippen molar-refractivity contribution in [3.8, 4) is 11.6 Å². The van der Waals surface area contributed by atoms with Crippen molar-refractivity contribution in [1.82, 2.24) is 19.9 Å². The summed E-state index contributed by atoms with van der Waals surface area (Å²) in [6.07, 6.45) is -1.86. The van der Waals surface area contributed by atoms with Gasteiger partial charge in [0.2, 0.25) is 5.88 Å². The number of ether oxygens (including phenoxy) is 1. The molecule has 0 fully saturated rings. The third-order valence-electron chi connectivity index (χ3n) is 4.69. The van der Waals surface area contributed by atoms with E-state index >= 15 is 0 Å². The van der Waals surface area contributed by atoms with Crippen LogP contribution in [0.15, 0.2) is 61.1 Å². The first-order chi connectivity index (χ1) is 15.7. The Bertz CT molecular complexity index is 1320. The molecule has 2 heterocycles. The van der Waals surface area contributed by atoms with E-state index in [2.05, 4.69) is 20.6 Å². The molecule has 2 N–H and O–H groups in total. The lowest BCUT2D eigenvalue weighted by Gasteiger charge is -2.12. The lowest BCUT2D eigenvalue weighted by molar-refractivity contribution is -0.137. The Hall–Kier alpha value is -3.99. The quantitative estimate of drug-likeness (QED) is 0.402. The maximum atomic E-state index is 14.0.